The molecule has 1 aromatic carbocycles. The smallest absolute Gasteiger partial charge is 0.244 e. The highest BCUT2D eigenvalue weighted by atomic mass is 32.2. The minimum Gasteiger partial charge on any atom is -0.358 e. The zero-order valence-corrected chi connectivity index (χ0v) is 15.4. The fourth-order valence-corrected chi connectivity index (χ4v) is 5.50. The number of hydrogen-bond donors (Lipinski definition) is 3. The molecule has 132 valence electrons. The Bertz CT molecular complexity index is 1040. The molecule has 7 heteroatoms. The van der Waals surface area contributed by atoms with E-state index in [1.807, 2.05) is 0 Å². The van der Waals surface area contributed by atoms with E-state index >= 15 is 0 Å². The van der Waals surface area contributed by atoms with Crippen LogP contribution in [0, 0.1) is 20.8 Å². The molecule has 3 N–H and O–H groups in total. The van der Waals surface area contributed by atoms with E-state index in [2.05, 4.69) is 45.0 Å². The Morgan fingerprint density at radius 1 is 1.24 bits per heavy atom. The second-order valence-electron chi connectivity index (χ2n) is 6.96. The summed E-state index contributed by atoms with van der Waals surface area (Å²) in [6, 6.07) is 6.28. The first-order valence-corrected chi connectivity index (χ1v) is 9.97. The van der Waals surface area contributed by atoms with Crippen molar-refractivity contribution in [3.63, 3.8) is 0 Å². The van der Waals surface area contributed by atoms with Crippen LogP contribution >= 0.6 is 0 Å². The van der Waals surface area contributed by atoms with Crippen LogP contribution in [0.3, 0.4) is 0 Å². The Balaban J connectivity index is 1.62. The van der Waals surface area contributed by atoms with Gasteiger partial charge in [-0.2, -0.15) is 5.10 Å². The summed E-state index contributed by atoms with van der Waals surface area (Å²) in [6.45, 7) is 5.53. The Kier molecular flexibility index (Phi) is 3.73. The highest BCUT2D eigenvalue weighted by molar-refractivity contribution is 7.89. The van der Waals surface area contributed by atoms with E-state index in [-0.39, 0.29) is 10.9 Å². The van der Waals surface area contributed by atoms with Crippen molar-refractivity contribution in [1.29, 1.82) is 0 Å². The van der Waals surface area contributed by atoms with E-state index in [9.17, 15) is 8.42 Å². The van der Waals surface area contributed by atoms with Crippen LogP contribution in [-0.2, 0) is 22.9 Å². The van der Waals surface area contributed by atoms with Crippen molar-refractivity contribution < 1.29 is 8.42 Å². The van der Waals surface area contributed by atoms with Crippen LogP contribution in [0.4, 0.5) is 0 Å². The van der Waals surface area contributed by atoms with E-state index in [0.717, 1.165) is 24.1 Å². The van der Waals surface area contributed by atoms with Gasteiger partial charge in [0.15, 0.2) is 0 Å². The van der Waals surface area contributed by atoms with Crippen molar-refractivity contribution in [2.45, 2.75) is 51.0 Å². The molecule has 1 atom stereocenters. The summed E-state index contributed by atoms with van der Waals surface area (Å²) < 4.78 is 28.4. The van der Waals surface area contributed by atoms with Gasteiger partial charge in [-0.05, 0) is 51.3 Å². The second-order valence-corrected chi connectivity index (χ2v) is 8.61. The lowest BCUT2D eigenvalue weighted by molar-refractivity contribution is 0.505. The lowest BCUT2D eigenvalue weighted by Crippen LogP contribution is -2.39. The summed E-state index contributed by atoms with van der Waals surface area (Å²) in [5.41, 5.74) is 5.90. The van der Waals surface area contributed by atoms with Gasteiger partial charge in [-0.15, -0.1) is 0 Å². The largest absolute Gasteiger partial charge is 0.358 e. The molecule has 2 aromatic heterocycles. The quantitative estimate of drug-likeness (QED) is 0.672. The first-order chi connectivity index (χ1) is 11.8. The van der Waals surface area contributed by atoms with Gasteiger partial charge in [-0.3, -0.25) is 5.10 Å². The number of aromatic amines is 2. The second kappa shape index (κ2) is 5.71. The van der Waals surface area contributed by atoms with E-state index in [1.54, 1.807) is 13.8 Å². The third-order valence-corrected chi connectivity index (χ3v) is 6.78. The van der Waals surface area contributed by atoms with Crippen molar-refractivity contribution in [3.8, 4) is 0 Å². The van der Waals surface area contributed by atoms with Crippen molar-refractivity contribution >= 4 is 20.9 Å². The maximum atomic E-state index is 12.8. The van der Waals surface area contributed by atoms with Gasteiger partial charge in [0.05, 0.1) is 11.4 Å². The molecule has 0 bridgehead atoms. The molecule has 0 amide bonds. The summed E-state index contributed by atoms with van der Waals surface area (Å²) >= 11 is 0. The number of aryl methyl sites for hydroxylation is 4. The minimum absolute atomic E-state index is 0.111. The molecule has 6 nitrogen and oxygen atoms in total. The van der Waals surface area contributed by atoms with Crippen molar-refractivity contribution in [2.75, 3.05) is 0 Å². The fourth-order valence-electron chi connectivity index (χ4n) is 3.86. The standard InChI is InChI=1S/C18H22N4O2S/c1-10-4-7-16-15(8-10)14-6-5-13(9-17(14)19-16)22-25(23,24)18-11(2)20-21-12(18)3/h4,7-8,13,19,22H,5-6,9H2,1-3H3,(H,20,21). The van der Waals surface area contributed by atoms with Gasteiger partial charge >= 0.3 is 0 Å². The van der Waals surface area contributed by atoms with Crippen LogP contribution in [0.5, 0.6) is 0 Å². The lowest BCUT2D eigenvalue weighted by Gasteiger charge is -2.23. The normalized spacial score (nSPS) is 17.8. The lowest BCUT2D eigenvalue weighted by atomic mass is 9.92. The van der Waals surface area contributed by atoms with Crippen molar-refractivity contribution in [3.05, 3.63) is 46.4 Å². The molecular weight excluding hydrogens is 336 g/mol. The molecule has 1 unspecified atom stereocenters. The van der Waals surface area contributed by atoms with Crippen molar-refractivity contribution in [1.82, 2.24) is 19.9 Å². The van der Waals surface area contributed by atoms with E-state index in [1.165, 1.54) is 16.5 Å². The third-order valence-electron chi connectivity index (χ3n) is 4.99. The van der Waals surface area contributed by atoms with Gasteiger partial charge in [0.2, 0.25) is 10.0 Å². The van der Waals surface area contributed by atoms with Crippen LogP contribution in [0.25, 0.3) is 10.9 Å². The van der Waals surface area contributed by atoms with Crippen LogP contribution in [-0.4, -0.2) is 29.6 Å². The average Bonchev–Trinajstić information content (AvgIpc) is 3.06. The molecule has 0 saturated carbocycles. The molecule has 4 rings (SSSR count). The molecule has 2 heterocycles. The molecule has 0 radical (unpaired) electrons. The minimum atomic E-state index is -3.57. The third kappa shape index (κ3) is 2.77. The summed E-state index contributed by atoms with van der Waals surface area (Å²) in [4.78, 5) is 3.73. The molecule has 1 aliphatic carbocycles. The molecule has 3 aromatic rings. The van der Waals surface area contributed by atoms with Crippen LogP contribution in [0.1, 0.15) is 34.6 Å². The number of H-pyrrole nitrogens is 2. The van der Waals surface area contributed by atoms with E-state index < -0.39 is 10.0 Å². The highest BCUT2D eigenvalue weighted by Crippen LogP contribution is 2.30. The Hall–Kier alpha value is -2.12. The number of rotatable bonds is 3. The molecule has 25 heavy (non-hydrogen) atoms. The number of nitrogens with zero attached hydrogens (tertiary/aromatic N) is 1. The predicted octanol–water partition coefficient (Wildman–Crippen LogP) is 2.65. The number of aromatic nitrogens is 3. The Labute approximate surface area is 147 Å². The maximum Gasteiger partial charge on any atom is 0.244 e. The fraction of sp³-hybridized carbons (Fsp3) is 0.389. The number of benzene rings is 1. The summed E-state index contributed by atoms with van der Waals surface area (Å²) in [5.74, 6) is 0. The molecule has 0 fully saturated rings. The van der Waals surface area contributed by atoms with Crippen LogP contribution < -0.4 is 4.72 Å². The monoisotopic (exact) mass is 358 g/mol. The number of hydrogen-bond acceptors (Lipinski definition) is 3. The molecule has 0 saturated heterocycles. The number of fused-ring (bicyclic) bond motifs is 3. The van der Waals surface area contributed by atoms with Gasteiger partial charge in [0.25, 0.3) is 0 Å². The zero-order chi connectivity index (χ0) is 17.8. The highest BCUT2D eigenvalue weighted by Gasteiger charge is 2.29. The number of nitrogens with one attached hydrogen (secondary N) is 3. The van der Waals surface area contributed by atoms with Crippen LogP contribution in [0.2, 0.25) is 0 Å². The number of sulfonamides is 1. The zero-order valence-electron chi connectivity index (χ0n) is 14.6. The van der Waals surface area contributed by atoms with E-state index in [0.29, 0.717) is 17.8 Å². The van der Waals surface area contributed by atoms with Gasteiger partial charge in [0, 0.05) is 29.1 Å². The molecule has 0 spiro atoms. The SMILES string of the molecule is Cc1ccc2[nH]c3c(c2c1)CCC(NS(=O)(=O)c1c(C)n[nH]c1C)C3. The molecule has 0 aliphatic heterocycles. The first kappa shape index (κ1) is 16.4. The first-order valence-electron chi connectivity index (χ1n) is 8.49. The Morgan fingerprint density at radius 3 is 2.76 bits per heavy atom. The summed E-state index contributed by atoms with van der Waals surface area (Å²) in [6.07, 6.45) is 2.34. The van der Waals surface area contributed by atoms with E-state index in [4.69, 9.17) is 0 Å². The summed E-state index contributed by atoms with van der Waals surface area (Å²) in [5, 5.41) is 8.00. The van der Waals surface area contributed by atoms with Gasteiger partial charge in [-0.1, -0.05) is 11.6 Å². The molecular formula is C18H22N4O2S. The maximum absolute atomic E-state index is 12.8. The van der Waals surface area contributed by atoms with Crippen molar-refractivity contribution in [2.24, 2.45) is 0 Å². The topological polar surface area (TPSA) is 90.6 Å². The van der Waals surface area contributed by atoms with Gasteiger partial charge < -0.3 is 4.98 Å². The van der Waals surface area contributed by atoms with Gasteiger partial charge in [0.1, 0.15) is 4.90 Å². The van der Waals surface area contributed by atoms with Crippen LogP contribution in [0.15, 0.2) is 23.1 Å². The predicted molar refractivity (Wildman–Crippen MR) is 97.2 cm³/mol. The molecule has 1 aliphatic rings. The Morgan fingerprint density at radius 2 is 2.04 bits per heavy atom. The summed E-state index contributed by atoms with van der Waals surface area (Å²) in [7, 11) is -3.57. The average molecular weight is 358 g/mol. The van der Waals surface area contributed by atoms with Gasteiger partial charge in [-0.25, -0.2) is 13.1 Å².